The second-order valence-corrected chi connectivity index (χ2v) is 5.69. The van der Waals surface area contributed by atoms with Gasteiger partial charge in [0.2, 0.25) is 11.8 Å². The molecule has 1 saturated carbocycles. The summed E-state index contributed by atoms with van der Waals surface area (Å²) in [5.41, 5.74) is 0.650. The van der Waals surface area contributed by atoms with Crippen molar-refractivity contribution in [3.63, 3.8) is 0 Å². The molecular weight excluding hydrogens is 268 g/mol. The van der Waals surface area contributed by atoms with Crippen molar-refractivity contribution in [1.29, 1.82) is 0 Å². The summed E-state index contributed by atoms with van der Waals surface area (Å²) in [6.45, 7) is 0.891. The molecule has 0 unspecified atom stereocenters. The van der Waals surface area contributed by atoms with Gasteiger partial charge in [-0.1, -0.05) is 6.42 Å². The molecule has 0 aromatic carbocycles. The lowest BCUT2D eigenvalue weighted by Gasteiger charge is -2.22. The normalized spacial score (nSPS) is 21.6. The molecule has 6 nitrogen and oxygen atoms in total. The number of hydrogen-bond donors (Lipinski definition) is 3. The molecule has 0 radical (unpaired) electrons. The summed E-state index contributed by atoms with van der Waals surface area (Å²) in [5, 5.41) is 8.83. The van der Waals surface area contributed by atoms with Gasteiger partial charge < -0.3 is 16.0 Å². The van der Waals surface area contributed by atoms with E-state index < -0.39 is 0 Å². The summed E-state index contributed by atoms with van der Waals surface area (Å²) in [6, 6.07) is 3.36. The zero-order valence-corrected chi connectivity index (χ0v) is 11.9. The number of carbonyl (C=O) groups excluding carboxylic acids is 2. The summed E-state index contributed by atoms with van der Waals surface area (Å²) in [5.74, 6) is 0.696. The van der Waals surface area contributed by atoms with Crippen molar-refractivity contribution in [2.24, 2.45) is 5.92 Å². The van der Waals surface area contributed by atoms with Crippen LogP contribution in [0.1, 0.15) is 32.1 Å². The Morgan fingerprint density at radius 2 is 1.95 bits per heavy atom. The van der Waals surface area contributed by atoms with Crippen molar-refractivity contribution in [2.75, 3.05) is 17.2 Å². The minimum absolute atomic E-state index is 0.0220. The third-order valence-electron chi connectivity index (χ3n) is 3.86. The van der Waals surface area contributed by atoms with E-state index in [9.17, 15) is 9.59 Å². The molecule has 2 heterocycles. The topological polar surface area (TPSA) is 83.1 Å². The molecule has 0 spiro atoms. The average molecular weight is 288 g/mol. The SMILES string of the molecule is O=C(Nc1ccc(NC(=O)[C@H]2CCCCN2)cn1)C1CC1. The third-order valence-corrected chi connectivity index (χ3v) is 3.86. The first-order chi connectivity index (χ1) is 10.2. The predicted octanol–water partition coefficient (Wildman–Crippen LogP) is 1.51. The largest absolute Gasteiger partial charge is 0.323 e. The van der Waals surface area contributed by atoms with Gasteiger partial charge in [-0.2, -0.15) is 0 Å². The molecule has 1 atom stereocenters. The highest BCUT2D eigenvalue weighted by Gasteiger charge is 2.29. The number of pyridine rings is 1. The number of carbonyl (C=O) groups is 2. The van der Waals surface area contributed by atoms with E-state index in [1.54, 1.807) is 18.3 Å². The fraction of sp³-hybridized carbons (Fsp3) is 0.533. The predicted molar refractivity (Wildman–Crippen MR) is 79.9 cm³/mol. The first-order valence-corrected chi connectivity index (χ1v) is 7.53. The number of amides is 2. The Morgan fingerprint density at radius 1 is 1.10 bits per heavy atom. The first kappa shape index (κ1) is 14.0. The Balaban J connectivity index is 1.53. The quantitative estimate of drug-likeness (QED) is 0.784. The van der Waals surface area contributed by atoms with Crippen LogP contribution in [0.4, 0.5) is 11.5 Å². The second-order valence-electron chi connectivity index (χ2n) is 5.69. The van der Waals surface area contributed by atoms with Crippen LogP contribution in [0.15, 0.2) is 18.3 Å². The molecule has 0 bridgehead atoms. The summed E-state index contributed by atoms with van der Waals surface area (Å²) in [4.78, 5) is 27.8. The maximum Gasteiger partial charge on any atom is 0.241 e. The van der Waals surface area contributed by atoms with Gasteiger partial charge in [-0.3, -0.25) is 9.59 Å². The van der Waals surface area contributed by atoms with E-state index in [0.717, 1.165) is 38.6 Å². The van der Waals surface area contributed by atoms with Crippen LogP contribution in [-0.4, -0.2) is 29.4 Å². The maximum atomic E-state index is 12.1. The number of aromatic nitrogens is 1. The number of nitrogens with one attached hydrogen (secondary N) is 3. The smallest absolute Gasteiger partial charge is 0.241 e. The Labute approximate surface area is 123 Å². The van der Waals surface area contributed by atoms with Crippen LogP contribution >= 0.6 is 0 Å². The van der Waals surface area contributed by atoms with Crippen LogP contribution < -0.4 is 16.0 Å². The van der Waals surface area contributed by atoms with Crippen molar-refractivity contribution < 1.29 is 9.59 Å². The number of piperidine rings is 1. The molecule has 2 amide bonds. The highest BCUT2D eigenvalue weighted by atomic mass is 16.2. The number of hydrogen-bond acceptors (Lipinski definition) is 4. The van der Waals surface area contributed by atoms with Gasteiger partial charge in [0.15, 0.2) is 0 Å². The van der Waals surface area contributed by atoms with Crippen molar-refractivity contribution >= 4 is 23.3 Å². The van der Waals surface area contributed by atoms with Crippen LogP contribution in [0, 0.1) is 5.92 Å². The van der Waals surface area contributed by atoms with E-state index in [-0.39, 0.29) is 23.8 Å². The summed E-state index contributed by atoms with van der Waals surface area (Å²) in [6.07, 6.45) is 6.58. The minimum Gasteiger partial charge on any atom is -0.323 e. The van der Waals surface area contributed by atoms with Crippen LogP contribution in [-0.2, 0) is 9.59 Å². The Hall–Kier alpha value is -1.95. The lowest BCUT2D eigenvalue weighted by atomic mass is 10.0. The zero-order valence-electron chi connectivity index (χ0n) is 11.9. The number of rotatable bonds is 4. The van der Waals surface area contributed by atoms with E-state index in [1.807, 2.05) is 0 Å². The third kappa shape index (κ3) is 3.78. The van der Waals surface area contributed by atoms with E-state index in [0.29, 0.717) is 11.5 Å². The van der Waals surface area contributed by atoms with E-state index in [2.05, 4.69) is 20.9 Å². The summed E-state index contributed by atoms with van der Waals surface area (Å²) in [7, 11) is 0. The van der Waals surface area contributed by atoms with Gasteiger partial charge in [-0.15, -0.1) is 0 Å². The minimum atomic E-state index is -0.118. The van der Waals surface area contributed by atoms with E-state index in [1.165, 1.54) is 0 Å². The number of anilines is 2. The van der Waals surface area contributed by atoms with Gasteiger partial charge >= 0.3 is 0 Å². The molecule has 1 aliphatic heterocycles. The molecule has 1 aliphatic carbocycles. The monoisotopic (exact) mass is 288 g/mol. The molecule has 112 valence electrons. The van der Waals surface area contributed by atoms with Crippen LogP contribution in [0.2, 0.25) is 0 Å². The zero-order chi connectivity index (χ0) is 14.7. The highest BCUT2D eigenvalue weighted by molar-refractivity contribution is 5.95. The Kier molecular flexibility index (Phi) is 4.15. The van der Waals surface area contributed by atoms with Crippen LogP contribution in [0.3, 0.4) is 0 Å². The molecular formula is C15H20N4O2. The summed E-state index contributed by atoms with van der Waals surface area (Å²) >= 11 is 0. The molecule has 6 heteroatoms. The van der Waals surface area contributed by atoms with Crippen LogP contribution in [0.25, 0.3) is 0 Å². The van der Waals surface area contributed by atoms with Gasteiger partial charge in [0.05, 0.1) is 17.9 Å². The molecule has 3 rings (SSSR count). The van der Waals surface area contributed by atoms with Gasteiger partial charge in [-0.25, -0.2) is 4.98 Å². The molecule has 2 fully saturated rings. The van der Waals surface area contributed by atoms with E-state index >= 15 is 0 Å². The van der Waals surface area contributed by atoms with Gasteiger partial charge in [0.25, 0.3) is 0 Å². The van der Waals surface area contributed by atoms with Gasteiger partial charge in [0.1, 0.15) is 5.82 Å². The molecule has 3 N–H and O–H groups in total. The van der Waals surface area contributed by atoms with Crippen LogP contribution in [0.5, 0.6) is 0 Å². The molecule has 1 saturated heterocycles. The van der Waals surface area contributed by atoms with Crippen molar-refractivity contribution in [3.05, 3.63) is 18.3 Å². The molecule has 21 heavy (non-hydrogen) atoms. The second kappa shape index (κ2) is 6.22. The molecule has 1 aromatic rings. The fourth-order valence-corrected chi connectivity index (χ4v) is 2.42. The Bertz CT molecular complexity index is 519. The average Bonchev–Trinajstić information content (AvgIpc) is 3.35. The van der Waals surface area contributed by atoms with E-state index in [4.69, 9.17) is 0 Å². The summed E-state index contributed by atoms with van der Waals surface area (Å²) < 4.78 is 0. The standard InChI is InChI=1S/C15H20N4O2/c20-14(10-4-5-10)19-13-7-6-11(9-17-13)18-15(21)12-3-1-2-8-16-12/h6-7,9-10,12,16H,1-5,8H2,(H,18,21)(H,17,19,20)/t12-/m1/s1. The van der Waals surface area contributed by atoms with Crippen molar-refractivity contribution in [2.45, 2.75) is 38.1 Å². The fourth-order valence-electron chi connectivity index (χ4n) is 2.42. The van der Waals surface area contributed by atoms with Crippen molar-refractivity contribution in [3.8, 4) is 0 Å². The lowest BCUT2D eigenvalue weighted by Crippen LogP contribution is -2.43. The maximum absolute atomic E-state index is 12.1. The first-order valence-electron chi connectivity index (χ1n) is 7.53. The number of nitrogens with zero attached hydrogens (tertiary/aromatic N) is 1. The lowest BCUT2D eigenvalue weighted by molar-refractivity contribution is -0.119. The van der Waals surface area contributed by atoms with Gasteiger partial charge in [-0.05, 0) is 44.4 Å². The van der Waals surface area contributed by atoms with Crippen molar-refractivity contribution in [1.82, 2.24) is 10.3 Å². The highest BCUT2D eigenvalue weighted by Crippen LogP contribution is 2.29. The molecule has 2 aliphatic rings. The molecule has 1 aromatic heterocycles. The van der Waals surface area contributed by atoms with Gasteiger partial charge in [0, 0.05) is 5.92 Å². The Morgan fingerprint density at radius 3 is 2.57 bits per heavy atom.